The van der Waals surface area contributed by atoms with Gasteiger partial charge in [-0.3, -0.25) is 0 Å². The van der Waals surface area contributed by atoms with E-state index < -0.39 is 11.7 Å². The van der Waals surface area contributed by atoms with Crippen LogP contribution in [-0.4, -0.2) is 17.7 Å². The van der Waals surface area contributed by atoms with Crippen molar-refractivity contribution in [2.24, 2.45) is 5.73 Å². The van der Waals surface area contributed by atoms with Gasteiger partial charge < -0.3 is 15.2 Å². The van der Waals surface area contributed by atoms with Crippen LogP contribution in [0.1, 0.15) is 20.8 Å². The number of amides is 1. The Hall–Kier alpha value is -2.30. The average Bonchev–Trinajstić information content (AvgIpc) is 2.28. The van der Waals surface area contributed by atoms with Gasteiger partial charge in [-0.1, -0.05) is 24.8 Å². The second-order valence-corrected chi connectivity index (χ2v) is 4.47. The molecule has 1 rings (SSSR count). The normalized spacial score (nSPS) is 9.63. The van der Waals surface area contributed by atoms with E-state index in [0.717, 1.165) is 6.08 Å². The van der Waals surface area contributed by atoms with Crippen LogP contribution in [0.25, 0.3) is 0 Å². The molecule has 1 aromatic rings. The standard InChI is InChI=1S/C7H7NO2.C7H12O2/c8-7(9)10-6-4-2-1-3-5-6;1-5-6(8)9-7(2,3)4/h1-5H,(H2,8,9);5H,1H2,2-4H3. The highest BCUT2D eigenvalue weighted by Crippen LogP contribution is 2.07. The third kappa shape index (κ3) is 10.6. The lowest BCUT2D eigenvalue weighted by Gasteiger charge is -2.17. The zero-order chi connectivity index (χ0) is 14.9. The summed E-state index contributed by atoms with van der Waals surface area (Å²) in [5, 5.41) is 0. The molecule has 1 aromatic carbocycles. The van der Waals surface area contributed by atoms with Gasteiger partial charge in [-0.25, -0.2) is 9.59 Å². The van der Waals surface area contributed by atoms with Crippen LogP contribution in [-0.2, 0) is 9.53 Å². The van der Waals surface area contributed by atoms with E-state index in [9.17, 15) is 9.59 Å². The molecule has 0 saturated heterocycles. The van der Waals surface area contributed by atoms with Crippen LogP contribution in [0.5, 0.6) is 5.75 Å². The summed E-state index contributed by atoms with van der Waals surface area (Å²) < 4.78 is 9.38. The van der Waals surface area contributed by atoms with E-state index in [-0.39, 0.29) is 5.97 Å². The average molecular weight is 265 g/mol. The number of para-hydroxylation sites is 1. The lowest BCUT2D eigenvalue weighted by Crippen LogP contribution is -2.22. The van der Waals surface area contributed by atoms with Gasteiger partial charge in [0.2, 0.25) is 0 Å². The number of carbonyl (C=O) groups excluding carboxylic acids is 2. The maximum atomic E-state index is 10.5. The molecule has 104 valence electrons. The highest BCUT2D eigenvalue weighted by Gasteiger charge is 2.12. The first-order valence-corrected chi connectivity index (χ1v) is 5.62. The summed E-state index contributed by atoms with van der Waals surface area (Å²) in [7, 11) is 0. The number of nitrogens with two attached hydrogens (primary N) is 1. The van der Waals surface area contributed by atoms with Gasteiger partial charge in [-0.2, -0.15) is 0 Å². The van der Waals surface area contributed by atoms with Gasteiger partial charge in [0, 0.05) is 6.08 Å². The van der Waals surface area contributed by atoms with Gasteiger partial charge in [0.05, 0.1) is 0 Å². The molecular formula is C14H19NO4. The predicted molar refractivity (Wildman–Crippen MR) is 72.7 cm³/mol. The first-order valence-electron chi connectivity index (χ1n) is 5.62. The van der Waals surface area contributed by atoms with Crippen LogP contribution < -0.4 is 10.5 Å². The Morgan fingerprint density at radius 1 is 1.21 bits per heavy atom. The fraction of sp³-hybridized carbons (Fsp3) is 0.286. The molecule has 0 atom stereocenters. The Morgan fingerprint density at radius 2 is 1.74 bits per heavy atom. The van der Waals surface area contributed by atoms with Crippen LogP contribution in [0.3, 0.4) is 0 Å². The Kier molecular flexibility index (Phi) is 6.96. The first kappa shape index (κ1) is 16.7. The van der Waals surface area contributed by atoms with Crippen molar-refractivity contribution in [1.82, 2.24) is 0 Å². The molecule has 5 heteroatoms. The van der Waals surface area contributed by atoms with E-state index in [0.29, 0.717) is 5.75 Å². The van der Waals surface area contributed by atoms with E-state index in [1.165, 1.54) is 0 Å². The third-order valence-electron chi connectivity index (χ3n) is 1.54. The molecule has 0 heterocycles. The van der Waals surface area contributed by atoms with Crippen molar-refractivity contribution in [3.63, 3.8) is 0 Å². The number of hydrogen-bond acceptors (Lipinski definition) is 4. The molecule has 1 amide bonds. The molecule has 0 bridgehead atoms. The van der Waals surface area contributed by atoms with Gasteiger partial charge >= 0.3 is 12.1 Å². The van der Waals surface area contributed by atoms with E-state index in [4.69, 9.17) is 10.5 Å². The number of ether oxygens (including phenoxy) is 2. The second-order valence-electron chi connectivity index (χ2n) is 4.47. The molecule has 2 N–H and O–H groups in total. The Morgan fingerprint density at radius 3 is 2.05 bits per heavy atom. The number of hydrogen-bond donors (Lipinski definition) is 1. The molecule has 5 nitrogen and oxygen atoms in total. The molecule has 0 aromatic heterocycles. The lowest BCUT2D eigenvalue weighted by atomic mass is 10.2. The topological polar surface area (TPSA) is 78.6 Å². The highest BCUT2D eigenvalue weighted by molar-refractivity contribution is 5.81. The Bertz CT molecular complexity index is 421. The third-order valence-corrected chi connectivity index (χ3v) is 1.54. The van der Waals surface area contributed by atoms with Gasteiger partial charge in [0.1, 0.15) is 11.4 Å². The number of esters is 1. The van der Waals surface area contributed by atoms with Crippen LogP contribution in [0.15, 0.2) is 43.0 Å². The largest absolute Gasteiger partial charge is 0.457 e. The Balaban J connectivity index is 0.000000344. The quantitative estimate of drug-likeness (QED) is 0.658. The van der Waals surface area contributed by atoms with E-state index in [2.05, 4.69) is 11.3 Å². The molecule has 0 aliphatic rings. The minimum absolute atomic E-state index is 0.373. The lowest BCUT2D eigenvalue weighted by molar-refractivity contribution is -0.148. The molecule has 19 heavy (non-hydrogen) atoms. The highest BCUT2D eigenvalue weighted by atomic mass is 16.6. The first-order chi connectivity index (χ1) is 8.74. The molecule has 0 radical (unpaired) electrons. The van der Waals surface area contributed by atoms with Crippen LogP contribution in [0.4, 0.5) is 4.79 Å². The smallest absolute Gasteiger partial charge is 0.409 e. The van der Waals surface area contributed by atoms with E-state index >= 15 is 0 Å². The zero-order valence-corrected chi connectivity index (χ0v) is 11.4. The molecule has 0 unspecified atom stereocenters. The van der Waals surface area contributed by atoms with E-state index in [1.807, 2.05) is 26.8 Å². The zero-order valence-electron chi connectivity index (χ0n) is 11.4. The van der Waals surface area contributed by atoms with E-state index in [1.54, 1.807) is 24.3 Å². The summed E-state index contributed by atoms with van der Waals surface area (Å²) in [4.78, 5) is 20.7. The number of carbonyl (C=O) groups is 2. The SMILES string of the molecule is C=CC(=O)OC(C)(C)C.NC(=O)Oc1ccccc1. The molecule has 0 spiro atoms. The fourth-order valence-electron chi connectivity index (χ4n) is 0.948. The maximum Gasteiger partial charge on any atom is 0.409 e. The summed E-state index contributed by atoms with van der Waals surface area (Å²) in [6.07, 6.45) is 0.372. The summed E-state index contributed by atoms with van der Waals surface area (Å²) in [5.41, 5.74) is 4.37. The van der Waals surface area contributed by atoms with Crippen molar-refractivity contribution in [3.05, 3.63) is 43.0 Å². The summed E-state index contributed by atoms with van der Waals surface area (Å²) in [5.74, 6) is 0.0949. The van der Waals surface area contributed by atoms with Crippen molar-refractivity contribution >= 4 is 12.1 Å². The predicted octanol–water partition coefficient (Wildman–Crippen LogP) is 2.66. The van der Waals surface area contributed by atoms with Gasteiger partial charge in [-0.05, 0) is 32.9 Å². The van der Waals surface area contributed by atoms with Crippen LogP contribution in [0, 0.1) is 0 Å². The number of benzene rings is 1. The van der Waals surface area contributed by atoms with Crippen LogP contribution in [0.2, 0.25) is 0 Å². The van der Waals surface area contributed by atoms with Gasteiger partial charge in [0.25, 0.3) is 0 Å². The molecule has 0 aliphatic heterocycles. The molecular weight excluding hydrogens is 246 g/mol. The number of primary amides is 1. The molecule has 0 saturated carbocycles. The van der Waals surface area contributed by atoms with Crippen molar-refractivity contribution in [2.45, 2.75) is 26.4 Å². The summed E-state index contributed by atoms with van der Waals surface area (Å²) >= 11 is 0. The Labute approximate surface area is 113 Å². The van der Waals surface area contributed by atoms with Crippen molar-refractivity contribution < 1.29 is 19.1 Å². The molecule has 0 aliphatic carbocycles. The summed E-state index contributed by atoms with van der Waals surface area (Å²) in [6.45, 7) is 8.71. The fourth-order valence-corrected chi connectivity index (χ4v) is 0.948. The van der Waals surface area contributed by atoms with Crippen LogP contribution >= 0.6 is 0 Å². The monoisotopic (exact) mass is 265 g/mol. The molecule has 0 fully saturated rings. The van der Waals surface area contributed by atoms with Crippen molar-refractivity contribution in [2.75, 3.05) is 0 Å². The summed E-state index contributed by atoms with van der Waals surface area (Å²) in [6, 6.07) is 8.67. The van der Waals surface area contributed by atoms with Gasteiger partial charge in [0.15, 0.2) is 0 Å². The minimum atomic E-state index is -0.786. The minimum Gasteiger partial charge on any atom is -0.457 e. The maximum absolute atomic E-state index is 10.5. The van der Waals surface area contributed by atoms with Crippen molar-refractivity contribution in [1.29, 1.82) is 0 Å². The van der Waals surface area contributed by atoms with Crippen molar-refractivity contribution in [3.8, 4) is 5.75 Å². The second kappa shape index (κ2) is 7.92. The van der Waals surface area contributed by atoms with Gasteiger partial charge in [-0.15, -0.1) is 0 Å². The number of rotatable bonds is 2.